The Hall–Kier alpha value is -3.02. The standard InChI is InChI=1S/C26H34N2O4/c1-4-24(26(30)27-21-7-5-6-8-21)28(18-20-11-15-23(32-3)16-12-20)25(29)17-19-9-13-22(31-2)14-10-19/h9-16,21,24H,4-8,17-18H2,1-3H3,(H,27,30)/t24-/m0/s1. The van der Waals surface area contributed by atoms with Crippen molar-refractivity contribution in [1.82, 2.24) is 10.2 Å². The Kier molecular flexibility index (Phi) is 8.54. The molecule has 0 unspecified atom stereocenters. The quantitative estimate of drug-likeness (QED) is 0.606. The van der Waals surface area contributed by atoms with E-state index in [-0.39, 0.29) is 24.3 Å². The Balaban J connectivity index is 1.79. The van der Waals surface area contributed by atoms with Gasteiger partial charge >= 0.3 is 0 Å². The van der Waals surface area contributed by atoms with E-state index in [1.54, 1.807) is 19.1 Å². The Morgan fingerprint density at radius 1 is 0.938 bits per heavy atom. The minimum atomic E-state index is -0.511. The first-order valence-electron chi connectivity index (χ1n) is 11.4. The summed E-state index contributed by atoms with van der Waals surface area (Å²) in [5.74, 6) is 1.38. The Bertz CT molecular complexity index is 874. The molecule has 172 valence electrons. The van der Waals surface area contributed by atoms with E-state index >= 15 is 0 Å². The van der Waals surface area contributed by atoms with Gasteiger partial charge in [0.1, 0.15) is 17.5 Å². The lowest BCUT2D eigenvalue weighted by molar-refractivity contribution is -0.141. The summed E-state index contributed by atoms with van der Waals surface area (Å²) in [4.78, 5) is 28.3. The van der Waals surface area contributed by atoms with Crippen molar-refractivity contribution in [3.05, 3.63) is 59.7 Å². The number of nitrogens with zero attached hydrogens (tertiary/aromatic N) is 1. The van der Waals surface area contributed by atoms with Gasteiger partial charge < -0.3 is 19.7 Å². The molecule has 0 spiro atoms. The fourth-order valence-electron chi connectivity index (χ4n) is 4.23. The largest absolute Gasteiger partial charge is 0.497 e. The molecule has 1 fully saturated rings. The summed E-state index contributed by atoms with van der Waals surface area (Å²) in [5.41, 5.74) is 1.85. The summed E-state index contributed by atoms with van der Waals surface area (Å²) in [6.45, 7) is 2.33. The van der Waals surface area contributed by atoms with Crippen LogP contribution in [0.2, 0.25) is 0 Å². The summed E-state index contributed by atoms with van der Waals surface area (Å²) >= 11 is 0. The van der Waals surface area contributed by atoms with Gasteiger partial charge in [0.05, 0.1) is 20.6 Å². The van der Waals surface area contributed by atoms with Crippen LogP contribution >= 0.6 is 0 Å². The first kappa shape index (κ1) is 23.6. The van der Waals surface area contributed by atoms with Gasteiger partial charge in [0, 0.05) is 12.6 Å². The molecule has 1 saturated carbocycles. The van der Waals surface area contributed by atoms with Gasteiger partial charge in [-0.05, 0) is 54.7 Å². The van der Waals surface area contributed by atoms with Gasteiger partial charge in [-0.2, -0.15) is 0 Å². The highest BCUT2D eigenvalue weighted by molar-refractivity contribution is 5.88. The average Bonchev–Trinajstić information content (AvgIpc) is 3.32. The first-order chi connectivity index (χ1) is 15.5. The van der Waals surface area contributed by atoms with E-state index < -0.39 is 6.04 Å². The molecule has 0 radical (unpaired) electrons. The number of amides is 2. The van der Waals surface area contributed by atoms with E-state index in [0.717, 1.165) is 48.3 Å². The molecule has 1 atom stereocenters. The summed E-state index contributed by atoms with van der Waals surface area (Å²) in [6.07, 6.45) is 5.11. The molecule has 32 heavy (non-hydrogen) atoms. The molecule has 6 nitrogen and oxygen atoms in total. The molecule has 0 aromatic heterocycles. The molecule has 6 heteroatoms. The summed E-state index contributed by atoms with van der Waals surface area (Å²) in [7, 11) is 3.24. The molecule has 2 amide bonds. The molecular formula is C26H34N2O4. The van der Waals surface area contributed by atoms with Crippen LogP contribution in [0, 0.1) is 0 Å². The second kappa shape index (κ2) is 11.6. The zero-order chi connectivity index (χ0) is 22.9. The monoisotopic (exact) mass is 438 g/mol. The van der Waals surface area contributed by atoms with E-state index in [2.05, 4.69) is 5.32 Å². The van der Waals surface area contributed by atoms with Crippen molar-refractivity contribution in [3.63, 3.8) is 0 Å². The van der Waals surface area contributed by atoms with Crippen LogP contribution in [0.25, 0.3) is 0 Å². The number of benzene rings is 2. The third-order valence-electron chi connectivity index (χ3n) is 6.11. The van der Waals surface area contributed by atoms with Gasteiger partial charge in [-0.25, -0.2) is 0 Å². The van der Waals surface area contributed by atoms with Crippen LogP contribution in [0.3, 0.4) is 0 Å². The van der Waals surface area contributed by atoms with Crippen LogP contribution in [0.5, 0.6) is 11.5 Å². The summed E-state index contributed by atoms with van der Waals surface area (Å²) in [5, 5.41) is 3.18. The molecule has 2 aromatic carbocycles. The Morgan fingerprint density at radius 3 is 1.97 bits per heavy atom. The average molecular weight is 439 g/mol. The van der Waals surface area contributed by atoms with E-state index in [1.807, 2.05) is 55.5 Å². The normalized spacial score (nSPS) is 14.6. The maximum Gasteiger partial charge on any atom is 0.243 e. The highest BCUT2D eigenvalue weighted by Gasteiger charge is 2.30. The summed E-state index contributed by atoms with van der Waals surface area (Å²) < 4.78 is 10.5. The predicted molar refractivity (Wildman–Crippen MR) is 125 cm³/mol. The van der Waals surface area contributed by atoms with Crippen LogP contribution in [-0.2, 0) is 22.6 Å². The van der Waals surface area contributed by atoms with Gasteiger partial charge in [-0.15, -0.1) is 0 Å². The number of ether oxygens (including phenoxy) is 2. The SMILES string of the molecule is CC[C@@H](C(=O)NC1CCCC1)N(Cc1ccc(OC)cc1)C(=O)Cc1ccc(OC)cc1. The smallest absolute Gasteiger partial charge is 0.243 e. The maximum atomic E-state index is 13.4. The molecule has 0 heterocycles. The number of nitrogens with one attached hydrogen (secondary N) is 1. The molecule has 3 rings (SSSR count). The number of carbonyl (C=O) groups excluding carboxylic acids is 2. The predicted octanol–water partition coefficient (Wildman–Crippen LogP) is 4.11. The van der Waals surface area contributed by atoms with Gasteiger partial charge in [-0.3, -0.25) is 9.59 Å². The summed E-state index contributed by atoms with van der Waals surface area (Å²) in [6, 6.07) is 14.8. The first-order valence-corrected chi connectivity index (χ1v) is 11.4. The number of hydrogen-bond donors (Lipinski definition) is 1. The zero-order valence-corrected chi connectivity index (χ0v) is 19.3. The number of rotatable bonds is 10. The molecule has 0 bridgehead atoms. The van der Waals surface area contributed by atoms with Crippen molar-refractivity contribution in [2.75, 3.05) is 14.2 Å². The molecular weight excluding hydrogens is 404 g/mol. The number of methoxy groups -OCH3 is 2. The third-order valence-corrected chi connectivity index (χ3v) is 6.11. The van der Waals surface area contributed by atoms with Gasteiger partial charge in [0.2, 0.25) is 11.8 Å². The van der Waals surface area contributed by atoms with Crippen molar-refractivity contribution in [2.45, 2.75) is 64.1 Å². The molecule has 0 aliphatic heterocycles. The number of hydrogen-bond acceptors (Lipinski definition) is 4. The molecule has 2 aromatic rings. The molecule has 0 saturated heterocycles. The van der Waals surface area contributed by atoms with E-state index in [9.17, 15) is 9.59 Å². The lowest BCUT2D eigenvalue weighted by atomic mass is 10.1. The molecule has 1 N–H and O–H groups in total. The van der Waals surface area contributed by atoms with E-state index in [1.165, 1.54) is 0 Å². The molecule has 1 aliphatic rings. The second-order valence-electron chi connectivity index (χ2n) is 8.31. The lowest BCUT2D eigenvalue weighted by Gasteiger charge is -2.31. The van der Waals surface area contributed by atoms with Gasteiger partial charge in [-0.1, -0.05) is 44.0 Å². The van der Waals surface area contributed by atoms with Crippen LogP contribution in [0.4, 0.5) is 0 Å². The zero-order valence-electron chi connectivity index (χ0n) is 19.3. The van der Waals surface area contributed by atoms with Crippen molar-refractivity contribution in [3.8, 4) is 11.5 Å². The fraction of sp³-hybridized carbons (Fsp3) is 0.462. The van der Waals surface area contributed by atoms with Crippen molar-refractivity contribution < 1.29 is 19.1 Å². The van der Waals surface area contributed by atoms with Crippen molar-refractivity contribution >= 4 is 11.8 Å². The minimum absolute atomic E-state index is 0.0593. The third kappa shape index (κ3) is 6.25. The van der Waals surface area contributed by atoms with Crippen LogP contribution in [0.15, 0.2) is 48.5 Å². The van der Waals surface area contributed by atoms with Crippen molar-refractivity contribution in [1.29, 1.82) is 0 Å². The maximum absolute atomic E-state index is 13.4. The van der Waals surface area contributed by atoms with Gasteiger partial charge in [0.25, 0.3) is 0 Å². The second-order valence-corrected chi connectivity index (χ2v) is 8.31. The Morgan fingerprint density at radius 2 is 1.47 bits per heavy atom. The van der Waals surface area contributed by atoms with Crippen LogP contribution < -0.4 is 14.8 Å². The topological polar surface area (TPSA) is 67.9 Å². The van der Waals surface area contributed by atoms with Crippen molar-refractivity contribution in [2.24, 2.45) is 0 Å². The van der Waals surface area contributed by atoms with Gasteiger partial charge in [0.15, 0.2) is 0 Å². The Labute approximate surface area is 190 Å². The van der Waals surface area contributed by atoms with Crippen LogP contribution in [-0.4, -0.2) is 43.0 Å². The highest BCUT2D eigenvalue weighted by atomic mass is 16.5. The lowest BCUT2D eigenvalue weighted by Crippen LogP contribution is -2.51. The molecule has 1 aliphatic carbocycles. The fourth-order valence-corrected chi connectivity index (χ4v) is 4.23. The minimum Gasteiger partial charge on any atom is -0.497 e. The highest BCUT2D eigenvalue weighted by Crippen LogP contribution is 2.21. The van der Waals surface area contributed by atoms with E-state index in [4.69, 9.17) is 9.47 Å². The van der Waals surface area contributed by atoms with Crippen LogP contribution in [0.1, 0.15) is 50.2 Å². The number of carbonyl (C=O) groups is 2. The van der Waals surface area contributed by atoms with E-state index in [0.29, 0.717) is 13.0 Å².